The summed E-state index contributed by atoms with van der Waals surface area (Å²) in [7, 11) is 0. The van der Waals surface area contributed by atoms with Gasteiger partial charge in [0.25, 0.3) is 0 Å². The summed E-state index contributed by atoms with van der Waals surface area (Å²) >= 11 is 0. The van der Waals surface area contributed by atoms with Gasteiger partial charge < -0.3 is 9.47 Å². The molecule has 0 bridgehead atoms. The number of ether oxygens (including phenoxy) is 2. The average molecular weight is 268 g/mol. The second-order valence-electron chi connectivity index (χ2n) is 5.13. The molecule has 1 aliphatic heterocycles. The fourth-order valence-corrected chi connectivity index (χ4v) is 2.58. The molecule has 2 nitrogen and oxygen atoms in total. The van der Waals surface area contributed by atoms with Crippen molar-refractivity contribution in [3.8, 4) is 0 Å². The molecule has 2 heteroatoms. The van der Waals surface area contributed by atoms with Crippen LogP contribution in [0.1, 0.15) is 36.5 Å². The molecule has 2 aromatic carbocycles. The summed E-state index contributed by atoms with van der Waals surface area (Å²) < 4.78 is 12.0. The lowest BCUT2D eigenvalue weighted by Crippen LogP contribution is -2.24. The fourth-order valence-electron chi connectivity index (χ4n) is 2.58. The lowest BCUT2D eigenvalue weighted by Gasteiger charge is -2.28. The molecule has 1 saturated heterocycles. The van der Waals surface area contributed by atoms with E-state index in [1.165, 1.54) is 17.5 Å². The summed E-state index contributed by atoms with van der Waals surface area (Å²) in [6.07, 6.45) is 3.16. The van der Waals surface area contributed by atoms with Gasteiger partial charge in [-0.15, -0.1) is 0 Å². The van der Waals surface area contributed by atoms with Crippen molar-refractivity contribution in [3.63, 3.8) is 0 Å². The third-order valence-corrected chi connectivity index (χ3v) is 3.63. The Kier molecular flexibility index (Phi) is 4.46. The summed E-state index contributed by atoms with van der Waals surface area (Å²) in [6.45, 7) is 0.807. The van der Waals surface area contributed by atoms with E-state index in [9.17, 15) is 0 Å². The van der Waals surface area contributed by atoms with E-state index in [1.54, 1.807) is 0 Å². The van der Waals surface area contributed by atoms with Crippen LogP contribution >= 0.6 is 0 Å². The van der Waals surface area contributed by atoms with Crippen molar-refractivity contribution < 1.29 is 9.47 Å². The van der Waals surface area contributed by atoms with Crippen molar-refractivity contribution >= 4 is 0 Å². The van der Waals surface area contributed by atoms with Gasteiger partial charge in [0.1, 0.15) is 6.10 Å². The highest BCUT2D eigenvalue weighted by Crippen LogP contribution is 2.29. The summed E-state index contributed by atoms with van der Waals surface area (Å²) in [5, 5.41) is 0. The molecule has 1 atom stereocenters. The second kappa shape index (κ2) is 6.69. The smallest absolute Gasteiger partial charge is 0.158 e. The lowest BCUT2D eigenvalue weighted by atomic mass is 10.0. The molecule has 0 radical (unpaired) electrons. The van der Waals surface area contributed by atoms with Crippen LogP contribution in [0, 0.1) is 0 Å². The number of hydrogen-bond acceptors (Lipinski definition) is 2. The van der Waals surface area contributed by atoms with Gasteiger partial charge in [-0.25, -0.2) is 0 Å². The molecule has 1 heterocycles. The molecule has 104 valence electrons. The first-order valence-corrected chi connectivity index (χ1v) is 7.30. The summed E-state index contributed by atoms with van der Waals surface area (Å²) in [6, 6.07) is 20.7. The molecule has 0 N–H and O–H groups in total. The molecule has 0 saturated carbocycles. The third-order valence-electron chi connectivity index (χ3n) is 3.63. The first-order chi connectivity index (χ1) is 9.93. The summed E-state index contributed by atoms with van der Waals surface area (Å²) in [4.78, 5) is 0. The zero-order valence-corrected chi connectivity index (χ0v) is 11.6. The topological polar surface area (TPSA) is 18.5 Å². The fraction of sp³-hybridized carbons (Fsp3) is 0.333. The Labute approximate surface area is 120 Å². The molecule has 0 aromatic heterocycles. The quantitative estimate of drug-likeness (QED) is 0.822. The first kappa shape index (κ1) is 13.3. The monoisotopic (exact) mass is 268 g/mol. The second-order valence-corrected chi connectivity index (χ2v) is 5.13. The van der Waals surface area contributed by atoms with Crippen LogP contribution in [0.25, 0.3) is 0 Å². The maximum absolute atomic E-state index is 6.24. The Balaban J connectivity index is 1.83. The Morgan fingerprint density at radius 1 is 0.850 bits per heavy atom. The largest absolute Gasteiger partial charge is 0.353 e. The van der Waals surface area contributed by atoms with Crippen LogP contribution in [-0.2, 0) is 9.47 Å². The Hall–Kier alpha value is -1.64. The van der Waals surface area contributed by atoms with Gasteiger partial charge in [-0.05, 0) is 30.4 Å². The van der Waals surface area contributed by atoms with Crippen molar-refractivity contribution in [1.82, 2.24) is 0 Å². The van der Waals surface area contributed by atoms with Gasteiger partial charge in [-0.3, -0.25) is 0 Å². The number of benzene rings is 2. The van der Waals surface area contributed by atoms with Crippen molar-refractivity contribution in [1.29, 1.82) is 0 Å². The van der Waals surface area contributed by atoms with Gasteiger partial charge in [0.15, 0.2) is 6.29 Å². The lowest BCUT2D eigenvalue weighted by molar-refractivity contribution is -0.181. The van der Waals surface area contributed by atoms with Gasteiger partial charge in [-0.2, -0.15) is 0 Å². The molecule has 3 rings (SSSR count). The minimum Gasteiger partial charge on any atom is -0.353 e. The standard InChI is InChI=1S/C18H20O2/c1-3-9-15(10-4-1)18(16-11-5-2-6-12-16)20-17-13-7-8-14-19-17/h1-6,9-12,17-18H,7-8,13-14H2. The molecule has 1 fully saturated rings. The number of hydrogen-bond donors (Lipinski definition) is 0. The highest BCUT2D eigenvalue weighted by atomic mass is 16.7. The average Bonchev–Trinajstić information content (AvgIpc) is 2.55. The predicted molar refractivity (Wildman–Crippen MR) is 79.4 cm³/mol. The van der Waals surface area contributed by atoms with E-state index in [-0.39, 0.29) is 12.4 Å². The number of rotatable bonds is 4. The Bertz CT molecular complexity index is 464. The van der Waals surface area contributed by atoms with Crippen LogP contribution in [0.4, 0.5) is 0 Å². The van der Waals surface area contributed by atoms with Crippen LogP contribution in [0.5, 0.6) is 0 Å². The predicted octanol–water partition coefficient (Wildman–Crippen LogP) is 4.32. The molecule has 0 aliphatic carbocycles. The zero-order valence-electron chi connectivity index (χ0n) is 11.6. The van der Waals surface area contributed by atoms with E-state index in [2.05, 4.69) is 48.5 Å². The summed E-state index contributed by atoms with van der Waals surface area (Å²) in [5.74, 6) is 0. The van der Waals surface area contributed by atoms with E-state index >= 15 is 0 Å². The van der Waals surface area contributed by atoms with Crippen LogP contribution in [0.15, 0.2) is 60.7 Å². The maximum Gasteiger partial charge on any atom is 0.158 e. The van der Waals surface area contributed by atoms with Crippen molar-refractivity contribution in [2.24, 2.45) is 0 Å². The van der Waals surface area contributed by atoms with E-state index in [0.717, 1.165) is 19.4 Å². The van der Waals surface area contributed by atoms with E-state index in [0.29, 0.717) is 0 Å². The molecule has 0 amide bonds. The van der Waals surface area contributed by atoms with Gasteiger partial charge in [0.2, 0.25) is 0 Å². The van der Waals surface area contributed by atoms with Crippen molar-refractivity contribution in [3.05, 3.63) is 71.8 Å². The zero-order chi connectivity index (χ0) is 13.6. The van der Waals surface area contributed by atoms with Crippen molar-refractivity contribution in [2.75, 3.05) is 6.61 Å². The SMILES string of the molecule is c1ccc(C(OC2CCCCO2)c2ccccc2)cc1. The molecule has 2 aromatic rings. The highest BCUT2D eigenvalue weighted by molar-refractivity contribution is 5.29. The highest BCUT2D eigenvalue weighted by Gasteiger charge is 2.22. The molecule has 0 spiro atoms. The van der Waals surface area contributed by atoms with Crippen LogP contribution in [0.2, 0.25) is 0 Å². The van der Waals surface area contributed by atoms with Crippen LogP contribution in [-0.4, -0.2) is 12.9 Å². The molecule has 20 heavy (non-hydrogen) atoms. The normalized spacial score (nSPS) is 19.1. The van der Waals surface area contributed by atoms with Gasteiger partial charge in [0.05, 0.1) is 0 Å². The van der Waals surface area contributed by atoms with E-state index < -0.39 is 0 Å². The van der Waals surface area contributed by atoms with Gasteiger partial charge in [-0.1, -0.05) is 60.7 Å². The molecule has 1 aliphatic rings. The van der Waals surface area contributed by atoms with Crippen LogP contribution in [0.3, 0.4) is 0 Å². The Morgan fingerprint density at radius 3 is 1.95 bits per heavy atom. The van der Waals surface area contributed by atoms with Crippen LogP contribution < -0.4 is 0 Å². The van der Waals surface area contributed by atoms with E-state index in [1.807, 2.05) is 12.1 Å². The molecular formula is C18H20O2. The minimum atomic E-state index is -0.0887. The third kappa shape index (κ3) is 3.27. The van der Waals surface area contributed by atoms with Gasteiger partial charge >= 0.3 is 0 Å². The van der Waals surface area contributed by atoms with Gasteiger partial charge in [0, 0.05) is 6.61 Å². The maximum atomic E-state index is 6.24. The van der Waals surface area contributed by atoms with E-state index in [4.69, 9.17) is 9.47 Å². The molecule has 1 unspecified atom stereocenters. The molecular weight excluding hydrogens is 248 g/mol. The first-order valence-electron chi connectivity index (χ1n) is 7.30. The Morgan fingerprint density at radius 2 is 1.45 bits per heavy atom. The van der Waals surface area contributed by atoms with Crippen molar-refractivity contribution in [2.45, 2.75) is 31.7 Å². The minimum absolute atomic E-state index is 0.0551. The summed E-state index contributed by atoms with van der Waals surface area (Å²) in [5.41, 5.74) is 2.35.